The summed E-state index contributed by atoms with van der Waals surface area (Å²) in [6, 6.07) is 17.2. The van der Waals surface area contributed by atoms with Gasteiger partial charge in [-0.25, -0.2) is 15.0 Å². The molecule has 2 aromatic carbocycles. The molecule has 0 unspecified atom stereocenters. The summed E-state index contributed by atoms with van der Waals surface area (Å²) in [5, 5.41) is 0. The maximum Gasteiger partial charge on any atom is 0.231 e. The van der Waals surface area contributed by atoms with Gasteiger partial charge in [0, 0.05) is 6.07 Å². The van der Waals surface area contributed by atoms with Crippen LogP contribution in [0.3, 0.4) is 0 Å². The van der Waals surface area contributed by atoms with E-state index in [4.69, 9.17) is 23.9 Å². The van der Waals surface area contributed by atoms with Crippen LogP contribution in [0.1, 0.15) is 0 Å². The Bertz CT molecular complexity index is 1310. The van der Waals surface area contributed by atoms with Gasteiger partial charge in [0.15, 0.2) is 34.4 Å². The Kier molecular flexibility index (Phi) is 2.82. The second-order valence-electron chi connectivity index (χ2n) is 6.15. The van der Waals surface area contributed by atoms with E-state index >= 15 is 0 Å². The maximum atomic E-state index is 5.61. The van der Waals surface area contributed by atoms with Gasteiger partial charge in [-0.3, -0.25) is 4.57 Å². The Morgan fingerprint density at radius 3 is 2.52 bits per heavy atom. The van der Waals surface area contributed by atoms with Crippen molar-refractivity contribution in [2.75, 3.05) is 6.79 Å². The smallest absolute Gasteiger partial charge is 0.231 e. The molecule has 6 rings (SSSR count). The normalized spacial score (nSPS) is 12.9. The van der Waals surface area contributed by atoms with Crippen molar-refractivity contribution in [3.05, 3.63) is 60.9 Å². The molecule has 0 fully saturated rings. The number of benzene rings is 2. The molecule has 130 valence electrons. The van der Waals surface area contributed by atoms with Gasteiger partial charge in [0.1, 0.15) is 0 Å². The van der Waals surface area contributed by atoms with Crippen molar-refractivity contribution in [1.82, 2.24) is 19.5 Å². The zero-order valence-electron chi connectivity index (χ0n) is 14.0. The zero-order valence-corrected chi connectivity index (χ0v) is 14.0. The lowest BCUT2D eigenvalue weighted by molar-refractivity contribution is 0.174. The quantitative estimate of drug-likeness (QED) is 0.477. The topological polar surface area (TPSA) is 75.2 Å². The summed E-state index contributed by atoms with van der Waals surface area (Å²) in [5.41, 5.74) is 3.65. The molecule has 7 nitrogen and oxygen atoms in total. The number of ether oxygens (including phenoxy) is 2. The number of aromatic nitrogens is 4. The highest BCUT2D eigenvalue weighted by Crippen LogP contribution is 2.36. The summed E-state index contributed by atoms with van der Waals surface area (Å²) in [4.78, 5) is 14.2. The summed E-state index contributed by atoms with van der Waals surface area (Å²) in [5.74, 6) is 2.67. The van der Waals surface area contributed by atoms with Crippen molar-refractivity contribution in [2.45, 2.75) is 0 Å². The van der Waals surface area contributed by atoms with Gasteiger partial charge >= 0.3 is 0 Å². The monoisotopic (exact) mass is 356 g/mol. The average Bonchev–Trinajstić information content (AvgIpc) is 3.43. The van der Waals surface area contributed by atoms with Crippen molar-refractivity contribution >= 4 is 22.3 Å². The van der Waals surface area contributed by atoms with Gasteiger partial charge in [-0.1, -0.05) is 12.1 Å². The first kappa shape index (κ1) is 14.3. The average molecular weight is 356 g/mol. The fourth-order valence-corrected chi connectivity index (χ4v) is 3.30. The molecule has 5 aromatic rings. The largest absolute Gasteiger partial charge is 0.461 e. The van der Waals surface area contributed by atoms with Crippen LogP contribution < -0.4 is 9.47 Å². The highest BCUT2D eigenvalue weighted by molar-refractivity contribution is 5.85. The van der Waals surface area contributed by atoms with Crippen molar-refractivity contribution in [3.63, 3.8) is 0 Å². The molecule has 0 bridgehead atoms. The second-order valence-corrected chi connectivity index (χ2v) is 6.15. The number of para-hydroxylation sites is 2. The molecule has 27 heavy (non-hydrogen) atoms. The van der Waals surface area contributed by atoms with Crippen LogP contribution in [-0.4, -0.2) is 26.3 Å². The minimum atomic E-state index is 0.221. The third-order valence-corrected chi connectivity index (χ3v) is 4.53. The first-order chi connectivity index (χ1) is 13.4. The second kappa shape index (κ2) is 5.31. The summed E-state index contributed by atoms with van der Waals surface area (Å²) in [6.07, 6.45) is 1.62. The number of hydrogen-bond donors (Lipinski definition) is 0. The fourth-order valence-electron chi connectivity index (χ4n) is 3.30. The summed E-state index contributed by atoms with van der Waals surface area (Å²) >= 11 is 0. The highest BCUT2D eigenvalue weighted by Gasteiger charge is 2.21. The maximum absolute atomic E-state index is 5.61. The van der Waals surface area contributed by atoms with Crippen LogP contribution >= 0.6 is 0 Å². The number of fused-ring (bicyclic) bond motifs is 3. The fraction of sp³-hybridized carbons (Fsp3) is 0.0500. The molecule has 0 radical (unpaired) electrons. The Morgan fingerprint density at radius 2 is 1.67 bits per heavy atom. The minimum absolute atomic E-state index is 0.221. The molecule has 0 N–H and O–H groups in total. The van der Waals surface area contributed by atoms with Crippen LogP contribution in [0.2, 0.25) is 0 Å². The molecule has 0 amide bonds. The van der Waals surface area contributed by atoms with E-state index in [0.29, 0.717) is 28.6 Å². The van der Waals surface area contributed by atoms with E-state index in [9.17, 15) is 0 Å². The molecule has 3 aromatic heterocycles. The van der Waals surface area contributed by atoms with Crippen LogP contribution in [-0.2, 0) is 0 Å². The minimum Gasteiger partial charge on any atom is -0.461 e. The van der Waals surface area contributed by atoms with E-state index in [1.165, 1.54) is 0 Å². The number of imidazole rings is 1. The van der Waals surface area contributed by atoms with Crippen molar-refractivity contribution in [1.29, 1.82) is 0 Å². The highest BCUT2D eigenvalue weighted by atomic mass is 16.7. The van der Waals surface area contributed by atoms with E-state index < -0.39 is 0 Å². The van der Waals surface area contributed by atoms with E-state index in [2.05, 4.69) is 4.98 Å². The van der Waals surface area contributed by atoms with Crippen LogP contribution in [0.5, 0.6) is 11.5 Å². The molecule has 0 saturated carbocycles. The van der Waals surface area contributed by atoms with Gasteiger partial charge in [0.2, 0.25) is 6.79 Å². The number of furan rings is 1. The number of hydrogen-bond acceptors (Lipinski definition) is 6. The van der Waals surface area contributed by atoms with Crippen molar-refractivity contribution in [2.24, 2.45) is 0 Å². The molecule has 1 aliphatic heterocycles. The Balaban J connectivity index is 1.70. The van der Waals surface area contributed by atoms with Crippen LogP contribution in [0.4, 0.5) is 0 Å². The Morgan fingerprint density at radius 1 is 0.815 bits per heavy atom. The van der Waals surface area contributed by atoms with Crippen LogP contribution in [0.15, 0.2) is 65.3 Å². The van der Waals surface area contributed by atoms with Crippen molar-refractivity contribution < 1.29 is 13.9 Å². The summed E-state index contributed by atoms with van der Waals surface area (Å²) < 4.78 is 18.5. The molecule has 0 saturated heterocycles. The molecular weight excluding hydrogens is 344 g/mol. The molecule has 4 heterocycles. The van der Waals surface area contributed by atoms with E-state index in [1.807, 2.05) is 59.2 Å². The zero-order chi connectivity index (χ0) is 17.8. The van der Waals surface area contributed by atoms with Gasteiger partial charge in [-0.05, 0) is 36.4 Å². The first-order valence-corrected chi connectivity index (χ1v) is 8.46. The molecule has 0 atom stereocenters. The summed E-state index contributed by atoms with van der Waals surface area (Å²) in [6.45, 7) is 0.221. The number of rotatable bonds is 2. The standard InChI is InChI=1S/C20H12N4O3/c1-2-5-14-13(4-1)21-18-20(22-14)24(19(23-18)16-6-3-9-25-16)12-7-8-15-17(10-12)27-11-26-15/h1-10H,11H2. The lowest BCUT2D eigenvalue weighted by Gasteiger charge is -2.08. The predicted molar refractivity (Wildman–Crippen MR) is 98.0 cm³/mol. The number of nitrogens with zero attached hydrogens (tertiary/aromatic N) is 4. The van der Waals surface area contributed by atoms with E-state index in [1.54, 1.807) is 6.26 Å². The lowest BCUT2D eigenvalue weighted by atomic mass is 10.2. The first-order valence-electron chi connectivity index (χ1n) is 8.46. The van der Waals surface area contributed by atoms with Gasteiger partial charge < -0.3 is 13.9 Å². The van der Waals surface area contributed by atoms with E-state index in [0.717, 1.165) is 22.5 Å². The van der Waals surface area contributed by atoms with E-state index in [-0.39, 0.29) is 6.79 Å². The third-order valence-electron chi connectivity index (χ3n) is 4.53. The molecule has 0 aliphatic carbocycles. The SMILES string of the molecule is c1coc(-c2nc3nc4ccccc4nc3n2-c2ccc3c(c2)OCO3)c1. The van der Waals surface area contributed by atoms with Gasteiger partial charge in [-0.15, -0.1) is 0 Å². The van der Waals surface area contributed by atoms with Gasteiger partial charge in [0.25, 0.3) is 0 Å². The molecular formula is C20H12N4O3. The molecule has 1 aliphatic rings. The third kappa shape index (κ3) is 2.11. The Hall–Kier alpha value is -3.87. The molecule has 7 heteroatoms. The summed E-state index contributed by atoms with van der Waals surface area (Å²) in [7, 11) is 0. The lowest BCUT2D eigenvalue weighted by Crippen LogP contribution is -1.99. The van der Waals surface area contributed by atoms with Gasteiger partial charge in [0.05, 0.1) is 23.0 Å². The predicted octanol–water partition coefficient (Wildman–Crippen LogP) is 3.96. The van der Waals surface area contributed by atoms with Gasteiger partial charge in [-0.2, -0.15) is 0 Å². The van der Waals surface area contributed by atoms with Crippen LogP contribution in [0, 0.1) is 0 Å². The molecule has 0 spiro atoms. The van der Waals surface area contributed by atoms with Crippen LogP contribution in [0.25, 0.3) is 39.6 Å². The van der Waals surface area contributed by atoms with Crippen molar-refractivity contribution in [3.8, 4) is 28.8 Å². The Labute approximate surface area is 152 Å².